The van der Waals surface area contributed by atoms with Crippen molar-refractivity contribution in [3.8, 4) is 0 Å². The summed E-state index contributed by atoms with van der Waals surface area (Å²) in [7, 11) is 0. The molecule has 2 nitrogen and oxygen atoms in total. The fraction of sp³-hybridized carbons (Fsp3) is 0.500. The van der Waals surface area contributed by atoms with Gasteiger partial charge >= 0.3 is 0 Å². The molecule has 1 rings (SSSR count). The van der Waals surface area contributed by atoms with Gasteiger partial charge in [-0.1, -0.05) is 17.7 Å². The summed E-state index contributed by atoms with van der Waals surface area (Å²) in [4.78, 5) is 2.22. The lowest BCUT2D eigenvalue weighted by molar-refractivity contribution is 0.282. The second-order valence-corrected chi connectivity index (χ2v) is 4.18. The molecular weight excluding hydrogens is 210 g/mol. The molecule has 0 aliphatic carbocycles. The maximum atomic E-state index is 9.31. The highest BCUT2D eigenvalue weighted by molar-refractivity contribution is 6.31. The van der Waals surface area contributed by atoms with Crippen molar-refractivity contribution in [3.63, 3.8) is 0 Å². The van der Waals surface area contributed by atoms with E-state index in [0.29, 0.717) is 11.1 Å². The van der Waals surface area contributed by atoms with E-state index in [1.54, 1.807) is 0 Å². The molecule has 0 radical (unpaired) electrons. The van der Waals surface area contributed by atoms with Crippen molar-refractivity contribution in [3.05, 3.63) is 28.8 Å². The van der Waals surface area contributed by atoms with Crippen LogP contribution in [0.1, 0.15) is 26.3 Å². The summed E-state index contributed by atoms with van der Waals surface area (Å²) in [6, 6.07) is 6.13. The molecule has 0 atom stereocenters. The van der Waals surface area contributed by atoms with Gasteiger partial charge in [0, 0.05) is 28.9 Å². The van der Waals surface area contributed by atoms with E-state index in [1.165, 1.54) is 0 Å². The summed E-state index contributed by atoms with van der Waals surface area (Å²) in [6.07, 6.45) is 0. The van der Waals surface area contributed by atoms with Crippen LogP contribution in [0.5, 0.6) is 0 Å². The number of hydrogen-bond acceptors (Lipinski definition) is 2. The lowest BCUT2D eigenvalue weighted by Crippen LogP contribution is -2.31. The van der Waals surface area contributed by atoms with Crippen LogP contribution in [-0.2, 0) is 6.61 Å². The molecule has 84 valence electrons. The van der Waals surface area contributed by atoms with Gasteiger partial charge in [0.25, 0.3) is 0 Å². The van der Waals surface area contributed by atoms with Gasteiger partial charge in [0.1, 0.15) is 0 Å². The number of rotatable bonds is 4. The van der Waals surface area contributed by atoms with Gasteiger partial charge < -0.3 is 10.0 Å². The minimum atomic E-state index is -0.0156. The van der Waals surface area contributed by atoms with Crippen LogP contribution in [0.15, 0.2) is 18.2 Å². The second kappa shape index (κ2) is 5.38. The Bertz CT molecular complexity index is 325. The SMILES string of the molecule is CCN(c1cccc(Cl)c1CO)C(C)C. The Labute approximate surface area is 96.5 Å². The maximum Gasteiger partial charge on any atom is 0.0716 e. The number of hydrogen-bond donors (Lipinski definition) is 1. The third kappa shape index (κ3) is 2.64. The molecule has 0 saturated carbocycles. The average Bonchev–Trinajstić information content (AvgIpc) is 2.18. The molecule has 0 fully saturated rings. The maximum absolute atomic E-state index is 9.31. The van der Waals surface area contributed by atoms with Gasteiger partial charge in [0.15, 0.2) is 0 Å². The van der Waals surface area contributed by atoms with E-state index in [9.17, 15) is 5.11 Å². The molecule has 0 aliphatic rings. The lowest BCUT2D eigenvalue weighted by atomic mass is 10.1. The Hall–Kier alpha value is -0.730. The van der Waals surface area contributed by atoms with E-state index < -0.39 is 0 Å². The van der Waals surface area contributed by atoms with Crippen LogP contribution >= 0.6 is 11.6 Å². The molecule has 0 aliphatic heterocycles. The first kappa shape index (κ1) is 12.3. The topological polar surface area (TPSA) is 23.5 Å². The van der Waals surface area contributed by atoms with E-state index >= 15 is 0 Å². The van der Waals surface area contributed by atoms with Gasteiger partial charge in [-0.3, -0.25) is 0 Å². The third-order valence-corrected chi connectivity index (χ3v) is 2.88. The van der Waals surface area contributed by atoms with E-state index in [4.69, 9.17) is 11.6 Å². The first-order chi connectivity index (χ1) is 7.11. The number of nitrogens with zero attached hydrogens (tertiary/aromatic N) is 1. The van der Waals surface area contributed by atoms with Gasteiger partial charge in [-0.15, -0.1) is 0 Å². The predicted octanol–water partition coefficient (Wildman–Crippen LogP) is 3.07. The molecular formula is C12H18ClNO. The second-order valence-electron chi connectivity index (χ2n) is 3.78. The van der Waals surface area contributed by atoms with Crippen LogP contribution in [0.4, 0.5) is 5.69 Å². The normalized spacial score (nSPS) is 10.8. The van der Waals surface area contributed by atoms with E-state index in [1.807, 2.05) is 18.2 Å². The average molecular weight is 228 g/mol. The summed E-state index contributed by atoms with van der Waals surface area (Å²) in [5.74, 6) is 0. The van der Waals surface area contributed by atoms with E-state index in [-0.39, 0.29) is 6.61 Å². The fourth-order valence-electron chi connectivity index (χ4n) is 1.79. The molecule has 1 aromatic carbocycles. The Balaban J connectivity index is 3.16. The quantitative estimate of drug-likeness (QED) is 0.855. The minimum absolute atomic E-state index is 0.0156. The molecule has 0 aromatic heterocycles. The number of anilines is 1. The Morgan fingerprint density at radius 1 is 1.40 bits per heavy atom. The van der Waals surface area contributed by atoms with Crippen LogP contribution in [0, 0.1) is 0 Å². The third-order valence-electron chi connectivity index (χ3n) is 2.53. The summed E-state index contributed by atoms with van der Waals surface area (Å²) >= 11 is 6.05. The summed E-state index contributed by atoms with van der Waals surface area (Å²) in [5, 5.41) is 9.95. The summed E-state index contributed by atoms with van der Waals surface area (Å²) < 4.78 is 0. The Morgan fingerprint density at radius 3 is 2.53 bits per heavy atom. The van der Waals surface area contributed by atoms with Crippen molar-refractivity contribution in [1.29, 1.82) is 0 Å². The molecule has 0 amide bonds. The van der Waals surface area contributed by atoms with Crippen molar-refractivity contribution in [2.24, 2.45) is 0 Å². The van der Waals surface area contributed by atoms with Crippen LogP contribution in [-0.4, -0.2) is 17.7 Å². The van der Waals surface area contributed by atoms with Gasteiger partial charge in [0.2, 0.25) is 0 Å². The minimum Gasteiger partial charge on any atom is -0.392 e. The van der Waals surface area contributed by atoms with Crippen molar-refractivity contribution in [2.45, 2.75) is 33.4 Å². The number of benzene rings is 1. The largest absolute Gasteiger partial charge is 0.392 e. The Morgan fingerprint density at radius 2 is 2.07 bits per heavy atom. The molecule has 0 spiro atoms. The standard InChI is InChI=1S/C12H18ClNO/c1-4-14(9(2)3)12-7-5-6-11(13)10(12)8-15/h5-7,9,15H,4,8H2,1-3H3. The zero-order valence-corrected chi connectivity index (χ0v) is 10.3. The van der Waals surface area contributed by atoms with Gasteiger partial charge in [-0.2, -0.15) is 0 Å². The number of aliphatic hydroxyl groups excluding tert-OH is 1. The van der Waals surface area contributed by atoms with E-state index in [2.05, 4.69) is 25.7 Å². The van der Waals surface area contributed by atoms with Crippen molar-refractivity contribution >= 4 is 17.3 Å². The molecule has 1 N–H and O–H groups in total. The van der Waals surface area contributed by atoms with Gasteiger partial charge in [-0.25, -0.2) is 0 Å². The zero-order valence-electron chi connectivity index (χ0n) is 9.50. The molecule has 0 heterocycles. The van der Waals surface area contributed by atoms with Crippen molar-refractivity contribution in [2.75, 3.05) is 11.4 Å². The number of halogens is 1. The first-order valence-electron chi connectivity index (χ1n) is 5.26. The Kier molecular flexibility index (Phi) is 4.43. The number of aliphatic hydroxyl groups is 1. The monoisotopic (exact) mass is 227 g/mol. The van der Waals surface area contributed by atoms with Crippen LogP contribution < -0.4 is 4.90 Å². The zero-order chi connectivity index (χ0) is 11.4. The molecule has 0 saturated heterocycles. The highest BCUT2D eigenvalue weighted by atomic mass is 35.5. The fourth-order valence-corrected chi connectivity index (χ4v) is 2.02. The predicted molar refractivity (Wildman–Crippen MR) is 65.5 cm³/mol. The summed E-state index contributed by atoms with van der Waals surface area (Å²) in [5.41, 5.74) is 1.84. The van der Waals surface area contributed by atoms with Crippen LogP contribution in [0.3, 0.4) is 0 Å². The first-order valence-corrected chi connectivity index (χ1v) is 5.64. The molecule has 3 heteroatoms. The molecule has 15 heavy (non-hydrogen) atoms. The van der Waals surface area contributed by atoms with E-state index in [0.717, 1.165) is 17.8 Å². The van der Waals surface area contributed by atoms with Crippen LogP contribution in [0.25, 0.3) is 0 Å². The molecule has 0 unspecified atom stereocenters. The van der Waals surface area contributed by atoms with Crippen molar-refractivity contribution < 1.29 is 5.11 Å². The van der Waals surface area contributed by atoms with Gasteiger partial charge in [0.05, 0.1) is 6.61 Å². The summed E-state index contributed by atoms with van der Waals surface area (Å²) in [6.45, 7) is 7.25. The van der Waals surface area contributed by atoms with Gasteiger partial charge in [-0.05, 0) is 32.9 Å². The highest BCUT2D eigenvalue weighted by Crippen LogP contribution is 2.28. The van der Waals surface area contributed by atoms with Crippen molar-refractivity contribution in [1.82, 2.24) is 0 Å². The lowest BCUT2D eigenvalue weighted by Gasteiger charge is -2.29. The molecule has 0 bridgehead atoms. The highest BCUT2D eigenvalue weighted by Gasteiger charge is 2.14. The van der Waals surface area contributed by atoms with Crippen LogP contribution in [0.2, 0.25) is 5.02 Å². The smallest absolute Gasteiger partial charge is 0.0716 e. The molecule has 1 aromatic rings.